The van der Waals surface area contributed by atoms with Gasteiger partial charge in [-0.2, -0.15) is 0 Å². The Kier molecular flexibility index (Phi) is 4.61. The van der Waals surface area contributed by atoms with E-state index >= 15 is 0 Å². The Morgan fingerprint density at radius 3 is 2.50 bits per heavy atom. The van der Waals surface area contributed by atoms with Crippen molar-refractivity contribution in [3.63, 3.8) is 0 Å². The fourth-order valence-electron chi connectivity index (χ4n) is 2.49. The number of aliphatic hydroxyl groups excluding tert-OH is 1. The zero-order valence-electron chi connectivity index (χ0n) is 11.3. The van der Waals surface area contributed by atoms with Gasteiger partial charge < -0.3 is 14.7 Å². The molecule has 3 heteroatoms. The molecule has 1 N–H and O–H groups in total. The molecule has 1 aliphatic rings. The van der Waals surface area contributed by atoms with Gasteiger partial charge in [-0.15, -0.1) is 0 Å². The lowest BCUT2D eigenvalue weighted by Gasteiger charge is -2.34. The van der Waals surface area contributed by atoms with Crippen LogP contribution in [0.5, 0.6) is 5.75 Å². The number of methoxy groups -OCH3 is 1. The minimum Gasteiger partial charge on any atom is -0.497 e. The van der Waals surface area contributed by atoms with E-state index in [1.165, 1.54) is 5.56 Å². The van der Waals surface area contributed by atoms with Crippen LogP contribution < -0.4 is 4.74 Å². The summed E-state index contributed by atoms with van der Waals surface area (Å²) in [5.41, 5.74) is 1.34. The number of hydrogen-bond acceptors (Lipinski definition) is 3. The molecule has 3 nitrogen and oxygen atoms in total. The molecule has 0 heterocycles. The van der Waals surface area contributed by atoms with Crippen molar-refractivity contribution in [2.24, 2.45) is 5.92 Å². The van der Waals surface area contributed by atoms with E-state index in [-0.39, 0.29) is 6.10 Å². The summed E-state index contributed by atoms with van der Waals surface area (Å²) >= 11 is 0. The molecule has 1 fully saturated rings. The van der Waals surface area contributed by atoms with E-state index in [1.54, 1.807) is 7.11 Å². The van der Waals surface area contributed by atoms with E-state index in [2.05, 4.69) is 24.1 Å². The summed E-state index contributed by atoms with van der Waals surface area (Å²) in [6, 6.07) is 8.27. The molecule has 1 saturated carbocycles. The largest absolute Gasteiger partial charge is 0.497 e. The minimum absolute atomic E-state index is 0.0370. The standard InChI is InChI=1S/C15H23NO2/c1-16(11-13-9-14(17)10-13)8-7-12-3-5-15(18-2)6-4-12/h3-6,13-14,17H,7-11H2,1-2H3. The van der Waals surface area contributed by atoms with E-state index in [0.717, 1.165) is 38.1 Å². The van der Waals surface area contributed by atoms with Gasteiger partial charge in [0.15, 0.2) is 0 Å². The summed E-state index contributed by atoms with van der Waals surface area (Å²) in [7, 11) is 3.85. The van der Waals surface area contributed by atoms with Crippen LogP contribution in [0.2, 0.25) is 0 Å². The smallest absolute Gasteiger partial charge is 0.118 e. The van der Waals surface area contributed by atoms with Gasteiger partial charge in [0.2, 0.25) is 0 Å². The van der Waals surface area contributed by atoms with E-state index in [1.807, 2.05) is 12.1 Å². The number of ether oxygens (including phenoxy) is 1. The Hall–Kier alpha value is -1.06. The van der Waals surface area contributed by atoms with E-state index in [0.29, 0.717) is 5.92 Å². The highest BCUT2D eigenvalue weighted by Crippen LogP contribution is 2.27. The molecule has 2 rings (SSSR count). The van der Waals surface area contributed by atoms with Gasteiger partial charge in [0.1, 0.15) is 5.75 Å². The predicted octanol–water partition coefficient (Wildman–Crippen LogP) is 1.94. The van der Waals surface area contributed by atoms with Gasteiger partial charge in [-0.25, -0.2) is 0 Å². The summed E-state index contributed by atoms with van der Waals surface area (Å²) < 4.78 is 5.15. The van der Waals surface area contributed by atoms with Crippen LogP contribution in [-0.2, 0) is 6.42 Å². The molecule has 1 aromatic rings. The highest BCUT2D eigenvalue weighted by molar-refractivity contribution is 5.27. The average Bonchev–Trinajstić information content (AvgIpc) is 2.35. The zero-order valence-corrected chi connectivity index (χ0v) is 11.3. The third-order valence-corrected chi connectivity index (χ3v) is 3.72. The van der Waals surface area contributed by atoms with Crippen LogP contribution in [0.4, 0.5) is 0 Å². The SMILES string of the molecule is COc1ccc(CCN(C)CC2CC(O)C2)cc1. The molecular weight excluding hydrogens is 226 g/mol. The van der Waals surface area contributed by atoms with Crippen molar-refractivity contribution in [1.82, 2.24) is 4.90 Å². The number of hydrogen-bond donors (Lipinski definition) is 1. The van der Waals surface area contributed by atoms with Crippen molar-refractivity contribution in [1.29, 1.82) is 0 Å². The lowest BCUT2D eigenvalue weighted by molar-refractivity contribution is 0.0285. The van der Waals surface area contributed by atoms with Crippen molar-refractivity contribution in [3.05, 3.63) is 29.8 Å². The van der Waals surface area contributed by atoms with Gasteiger partial charge in [0.05, 0.1) is 13.2 Å². The quantitative estimate of drug-likeness (QED) is 0.836. The maximum absolute atomic E-state index is 9.26. The highest BCUT2D eigenvalue weighted by atomic mass is 16.5. The van der Waals surface area contributed by atoms with Crippen LogP contribution >= 0.6 is 0 Å². The topological polar surface area (TPSA) is 32.7 Å². The first-order chi connectivity index (χ1) is 8.67. The van der Waals surface area contributed by atoms with E-state index < -0.39 is 0 Å². The van der Waals surface area contributed by atoms with Gasteiger partial charge in [-0.3, -0.25) is 0 Å². The van der Waals surface area contributed by atoms with Crippen LogP contribution in [0, 0.1) is 5.92 Å². The predicted molar refractivity (Wildman–Crippen MR) is 72.9 cm³/mol. The second kappa shape index (κ2) is 6.21. The molecule has 0 aliphatic heterocycles. The maximum atomic E-state index is 9.26. The van der Waals surface area contributed by atoms with Gasteiger partial charge in [-0.1, -0.05) is 12.1 Å². The van der Waals surface area contributed by atoms with E-state index in [9.17, 15) is 5.11 Å². The zero-order chi connectivity index (χ0) is 13.0. The van der Waals surface area contributed by atoms with Crippen LogP contribution in [0.1, 0.15) is 18.4 Å². The minimum atomic E-state index is -0.0370. The molecular formula is C15H23NO2. The fraction of sp³-hybridized carbons (Fsp3) is 0.600. The molecule has 100 valence electrons. The van der Waals surface area contributed by atoms with Gasteiger partial charge in [0, 0.05) is 13.1 Å². The van der Waals surface area contributed by atoms with Gasteiger partial charge in [-0.05, 0) is 49.9 Å². The van der Waals surface area contributed by atoms with Crippen molar-refractivity contribution in [2.75, 3.05) is 27.2 Å². The summed E-state index contributed by atoms with van der Waals surface area (Å²) in [5, 5.41) is 9.26. The van der Waals surface area contributed by atoms with Gasteiger partial charge in [0.25, 0.3) is 0 Å². The Balaban J connectivity index is 1.69. The molecule has 0 unspecified atom stereocenters. The molecule has 0 saturated heterocycles. The Morgan fingerprint density at radius 1 is 1.28 bits per heavy atom. The Labute approximate surface area is 109 Å². The number of rotatable bonds is 6. The summed E-state index contributed by atoms with van der Waals surface area (Å²) in [5.74, 6) is 1.61. The molecule has 0 radical (unpaired) electrons. The lowest BCUT2D eigenvalue weighted by atomic mass is 9.82. The maximum Gasteiger partial charge on any atom is 0.118 e. The average molecular weight is 249 g/mol. The first kappa shape index (κ1) is 13.4. The summed E-state index contributed by atoms with van der Waals surface area (Å²) in [4.78, 5) is 2.36. The van der Waals surface area contributed by atoms with Crippen molar-refractivity contribution in [2.45, 2.75) is 25.4 Å². The second-order valence-corrected chi connectivity index (χ2v) is 5.35. The molecule has 0 spiro atoms. The Morgan fingerprint density at radius 2 is 1.94 bits per heavy atom. The van der Waals surface area contributed by atoms with Crippen molar-refractivity contribution < 1.29 is 9.84 Å². The van der Waals surface area contributed by atoms with Crippen LogP contribution in [0.3, 0.4) is 0 Å². The first-order valence-electron chi connectivity index (χ1n) is 6.67. The van der Waals surface area contributed by atoms with Crippen LogP contribution in [0.25, 0.3) is 0 Å². The molecule has 0 amide bonds. The molecule has 0 bridgehead atoms. The monoisotopic (exact) mass is 249 g/mol. The van der Waals surface area contributed by atoms with Crippen molar-refractivity contribution >= 4 is 0 Å². The number of nitrogens with zero attached hydrogens (tertiary/aromatic N) is 1. The molecule has 1 aromatic carbocycles. The number of benzene rings is 1. The van der Waals surface area contributed by atoms with Crippen LogP contribution in [-0.4, -0.2) is 43.4 Å². The first-order valence-corrected chi connectivity index (χ1v) is 6.67. The molecule has 0 atom stereocenters. The molecule has 18 heavy (non-hydrogen) atoms. The normalized spacial score (nSPS) is 22.9. The van der Waals surface area contributed by atoms with E-state index in [4.69, 9.17) is 4.74 Å². The number of aliphatic hydroxyl groups is 1. The van der Waals surface area contributed by atoms with Crippen molar-refractivity contribution in [3.8, 4) is 5.75 Å². The van der Waals surface area contributed by atoms with Gasteiger partial charge >= 0.3 is 0 Å². The lowest BCUT2D eigenvalue weighted by Crippen LogP contribution is -2.37. The second-order valence-electron chi connectivity index (χ2n) is 5.35. The highest BCUT2D eigenvalue weighted by Gasteiger charge is 2.27. The third-order valence-electron chi connectivity index (χ3n) is 3.72. The Bertz CT molecular complexity index is 357. The molecule has 0 aromatic heterocycles. The number of likely N-dealkylation sites (N-methyl/N-ethyl adjacent to an activating group) is 1. The van der Waals surface area contributed by atoms with Crippen LogP contribution in [0.15, 0.2) is 24.3 Å². The fourth-order valence-corrected chi connectivity index (χ4v) is 2.49. The summed E-state index contributed by atoms with van der Waals surface area (Å²) in [6.07, 6.45) is 2.99. The third kappa shape index (κ3) is 3.72. The summed E-state index contributed by atoms with van der Waals surface area (Å²) in [6.45, 7) is 2.17. The molecule has 1 aliphatic carbocycles.